The Morgan fingerprint density at radius 2 is 2.40 bits per heavy atom. The molecule has 0 bridgehead atoms. The Morgan fingerprint density at radius 1 is 1.53 bits per heavy atom. The van der Waals surface area contributed by atoms with Crippen molar-refractivity contribution in [3.8, 4) is 0 Å². The predicted molar refractivity (Wildman–Crippen MR) is 59.2 cm³/mol. The van der Waals surface area contributed by atoms with Crippen molar-refractivity contribution in [3.05, 3.63) is 42.2 Å². The lowest BCUT2D eigenvalue weighted by atomic mass is 10.2. The summed E-state index contributed by atoms with van der Waals surface area (Å²) < 4.78 is 1.72. The van der Waals surface area contributed by atoms with Crippen LogP contribution in [0.5, 0.6) is 0 Å². The van der Waals surface area contributed by atoms with Crippen LogP contribution in [0.15, 0.2) is 31.0 Å². The number of nitrogens with two attached hydrogens (primary N) is 1. The molecule has 0 spiro atoms. The van der Waals surface area contributed by atoms with E-state index in [9.17, 15) is 0 Å². The van der Waals surface area contributed by atoms with E-state index in [-0.39, 0.29) is 0 Å². The third kappa shape index (κ3) is 2.35. The monoisotopic (exact) mass is 219 g/mol. The molecule has 6 heteroatoms. The standard InChI is InChI=1S/C9H9N5S/c10-9(15)8-3-7(1-2-12-8)4-14-6-11-5-13-14/h1-3,5-6H,4H2,(H2,10,15). The van der Waals surface area contributed by atoms with Crippen molar-refractivity contribution in [1.82, 2.24) is 19.7 Å². The van der Waals surface area contributed by atoms with E-state index in [0.717, 1.165) is 5.56 Å². The van der Waals surface area contributed by atoms with E-state index in [0.29, 0.717) is 17.2 Å². The van der Waals surface area contributed by atoms with Gasteiger partial charge in [-0.05, 0) is 17.7 Å². The van der Waals surface area contributed by atoms with Crippen molar-refractivity contribution < 1.29 is 0 Å². The van der Waals surface area contributed by atoms with E-state index >= 15 is 0 Å². The van der Waals surface area contributed by atoms with Crippen LogP contribution in [0.4, 0.5) is 0 Å². The van der Waals surface area contributed by atoms with Crippen LogP contribution in [-0.4, -0.2) is 24.7 Å². The molecule has 2 heterocycles. The Kier molecular flexibility index (Phi) is 2.68. The Balaban J connectivity index is 2.22. The van der Waals surface area contributed by atoms with Crippen LogP contribution in [0.25, 0.3) is 0 Å². The third-order valence-electron chi connectivity index (χ3n) is 1.89. The minimum Gasteiger partial charge on any atom is -0.388 e. The first-order valence-corrected chi connectivity index (χ1v) is 4.73. The van der Waals surface area contributed by atoms with Gasteiger partial charge < -0.3 is 5.73 Å². The maximum Gasteiger partial charge on any atom is 0.137 e. The van der Waals surface area contributed by atoms with Gasteiger partial charge in [0, 0.05) is 6.20 Å². The van der Waals surface area contributed by atoms with Crippen molar-refractivity contribution in [2.24, 2.45) is 5.73 Å². The van der Waals surface area contributed by atoms with Crippen LogP contribution in [0.3, 0.4) is 0 Å². The highest BCUT2D eigenvalue weighted by molar-refractivity contribution is 7.80. The second-order valence-corrected chi connectivity index (χ2v) is 3.45. The second kappa shape index (κ2) is 4.14. The summed E-state index contributed by atoms with van der Waals surface area (Å²) >= 11 is 4.85. The van der Waals surface area contributed by atoms with Crippen molar-refractivity contribution >= 4 is 17.2 Å². The van der Waals surface area contributed by atoms with Gasteiger partial charge in [-0.2, -0.15) is 5.10 Å². The van der Waals surface area contributed by atoms with E-state index < -0.39 is 0 Å². The number of nitrogens with zero attached hydrogens (tertiary/aromatic N) is 4. The van der Waals surface area contributed by atoms with Gasteiger partial charge in [0.1, 0.15) is 17.6 Å². The van der Waals surface area contributed by atoms with Gasteiger partial charge in [0.05, 0.1) is 12.2 Å². The summed E-state index contributed by atoms with van der Waals surface area (Å²) in [6, 6.07) is 3.74. The number of hydrogen-bond donors (Lipinski definition) is 1. The molecule has 0 aliphatic heterocycles. The Bertz CT molecular complexity index is 465. The van der Waals surface area contributed by atoms with E-state index in [4.69, 9.17) is 18.0 Å². The van der Waals surface area contributed by atoms with Crippen molar-refractivity contribution in [1.29, 1.82) is 0 Å². The third-order valence-corrected chi connectivity index (χ3v) is 2.10. The molecule has 0 unspecified atom stereocenters. The quantitative estimate of drug-likeness (QED) is 0.755. The van der Waals surface area contributed by atoms with Crippen LogP contribution >= 0.6 is 12.2 Å². The summed E-state index contributed by atoms with van der Waals surface area (Å²) in [4.78, 5) is 8.22. The van der Waals surface area contributed by atoms with Gasteiger partial charge in [0.2, 0.25) is 0 Å². The summed E-state index contributed by atoms with van der Waals surface area (Å²) in [5.74, 6) is 0. The van der Waals surface area contributed by atoms with E-state index in [1.165, 1.54) is 6.33 Å². The van der Waals surface area contributed by atoms with Crippen LogP contribution in [0.2, 0.25) is 0 Å². The molecule has 0 saturated carbocycles. The smallest absolute Gasteiger partial charge is 0.137 e. The first-order chi connectivity index (χ1) is 7.25. The van der Waals surface area contributed by atoms with Gasteiger partial charge in [-0.25, -0.2) is 9.67 Å². The van der Waals surface area contributed by atoms with Gasteiger partial charge in [0.15, 0.2) is 0 Å². The highest BCUT2D eigenvalue weighted by Gasteiger charge is 2.00. The minimum atomic E-state index is 0.301. The normalized spacial score (nSPS) is 10.1. The molecule has 0 amide bonds. The van der Waals surface area contributed by atoms with Gasteiger partial charge in [0.25, 0.3) is 0 Å². The van der Waals surface area contributed by atoms with E-state index in [1.807, 2.05) is 12.1 Å². The molecular formula is C9H9N5S. The Hall–Kier alpha value is -1.82. The van der Waals surface area contributed by atoms with Crippen LogP contribution in [0, 0.1) is 0 Å². The predicted octanol–water partition coefficient (Wildman–Crippen LogP) is 0.356. The maximum atomic E-state index is 5.49. The molecule has 2 aromatic rings. The fraction of sp³-hybridized carbons (Fsp3) is 0.111. The molecule has 0 aliphatic carbocycles. The molecule has 0 atom stereocenters. The van der Waals surface area contributed by atoms with Gasteiger partial charge in [-0.15, -0.1) is 0 Å². The zero-order valence-electron chi connectivity index (χ0n) is 7.87. The summed E-state index contributed by atoms with van der Waals surface area (Å²) in [5, 5.41) is 4.01. The van der Waals surface area contributed by atoms with Crippen molar-refractivity contribution in [2.45, 2.75) is 6.54 Å². The lowest BCUT2D eigenvalue weighted by Gasteiger charge is -2.02. The summed E-state index contributed by atoms with van der Waals surface area (Å²) in [6.07, 6.45) is 4.83. The van der Waals surface area contributed by atoms with Crippen LogP contribution in [0.1, 0.15) is 11.3 Å². The minimum absolute atomic E-state index is 0.301. The van der Waals surface area contributed by atoms with Gasteiger partial charge in [-0.1, -0.05) is 12.2 Å². The Labute approximate surface area is 92.0 Å². The number of aromatic nitrogens is 4. The van der Waals surface area contributed by atoms with Crippen molar-refractivity contribution in [2.75, 3.05) is 0 Å². The SMILES string of the molecule is NC(=S)c1cc(Cn2cncn2)ccn1. The van der Waals surface area contributed by atoms with Crippen LogP contribution in [-0.2, 0) is 6.54 Å². The van der Waals surface area contributed by atoms with Crippen LogP contribution < -0.4 is 5.73 Å². The van der Waals surface area contributed by atoms with Gasteiger partial charge in [-0.3, -0.25) is 4.98 Å². The maximum absolute atomic E-state index is 5.49. The average molecular weight is 219 g/mol. The molecule has 2 rings (SSSR count). The molecule has 2 N–H and O–H groups in total. The molecule has 0 radical (unpaired) electrons. The molecule has 0 aliphatic rings. The molecule has 0 fully saturated rings. The molecule has 0 saturated heterocycles. The Morgan fingerprint density at radius 3 is 3.07 bits per heavy atom. The van der Waals surface area contributed by atoms with E-state index in [1.54, 1.807) is 17.2 Å². The topological polar surface area (TPSA) is 69.6 Å². The molecule has 2 aromatic heterocycles. The molecule has 0 aromatic carbocycles. The molecule has 76 valence electrons. The first kappa shape index (κ1) is 9.72. The fourth-order valence-electron chi connectivity index (χ4n) is 1.21. The molecular weight excluding hydrogens is 210 g/mol. The number of rotatable bonds is 3. The fourth-order valence-corrected chi connectivity index (χ4v) is 1.32. The lowest BCUT2D eigenvalue weighted by Crippen LogP contribution is -2.12. The molecule has 15 heavy (non-hydrogen) atoms. The zero-order valence-corrected chi connectivity index (χ0v) is 8.68. The molecule has 5 nitrogen and oxygen atoms in total. The van der Waals surface area contributed by atoms with Gasteiger partial charge >= 0.3 is 0 Å². The number of thiocarbonyl (C=S) groups is 1. The summed E-state index contributed by atoms with van der Waals surface area (Å²) in [7, 11) is 0. The first-order valence-electron chi connectivity index (χ1n) is 4.33. The van der Waals surface area contributed by atoms with Crippen molar-refractivity contribution in [3.63, 3.8) is 0 Å². The highest BCUT2D eigenvalue weighted by Crippen LogP contribution is 2.03. The summed E-state index contributed by atoms with van der Waals surface area (Å²) in [6.45, 7) is 0.637. The zero-order chi connectivity index (χ0) is 10.7. The lowest BCUT2D eigenvalue weighted by molar-refractivity contribution is 0.684. The average Bonchev–Trinajstić information content (AvgIpc) is 2.71. The summed E-state index contributed by atoms with van der Waals surface area (Å²) in [5.41, 5.74) is 7.16. The largest absolute Gasteiger partial charge is 0.388 e. The van der Waals surface area contributed by atoms with E-state index in [2.05, 4.69) is 15.1 Å². The number of hydrogen-bond acceptors (Lipinski definition) is 4. The number of pyridine rings is 1. The highest BCUT2D eigenvalue weighted by atomic mass is 32.1. The second-order valence-electron chi connectivity index (χ2n) is 3.01.